The van der Waals surface area contributed by atoms with Gasteiger partial charge in [0.15, 0.2) is 5.16 Å². The van der Waals surface area contributed by atoms with Gasteiger partial charge in [0.2, 0.25) is 5.91 Å². The number of anilines is 1. The number of nitrogens with zero attached hydrogens (tertiary/aromatic N) is 1. The fourth-order valence-corrected chi connectivity index (χ4v) is 2.99. The van der Waals surface area contributed by atoms with Crippen LogP contribution in [0.25, 0.3) is 0 Å². The molecule has 1 amide bonds. The number of aromatic amines is 1. The molecular formula is C16H18ClN3O3S. The molecule has 1 aromatic carbocycles. The summed E-state index contributed by atoms with van der Waals surface area (Å²) < 4.78 is 0. The van der Waals surface area contributed by atoms with Crippen molar-refractivity contribution in [2.45, 2.75) is 25.4 Å². The molecule has 0 aliphatic heterocycles. The lowest BCUT2D eigenvalue weighted by Crippen LogP contribution is -2.19. The predicted molar refractivity (Wildman–Crippen MR) is 95.9 cm³/mol. The van der Waals surface area contributed by atoms with Crippen molar-refractivity contribution >= 4 is 35.0 Å². The molecule has 1 aromatic heterocycles. The highest BCUT2D eigenvalue weighted by atomic mass is 35.5. The lowest BCUT2D eigenvalue weighted by atomic mass is 10.2. The van der Waals surface area contributed by atoms with Crippen LogP contribution in [0.5, 0.6) is 0 Å². The molecule has 1 heterocycles. The van der Waals surface area contributed by atoms with Gasteiger partial charge in [-0.05, 0) is 31.5 Å². The number of aryl methyl sites for hydroxylation is 2. The van der Waals surface area contributed by atoms with Crippen molar-refractivity contribution in [2.75, 3.05) is 17.7 Å². The van der Waals surface area contributed by atoms with Crippen molar-refractivity contribution in [1.82, 2.24) is 9.97 Å². The predicted octanol–water partition coefficient (Wildman–Crippen LogP) is 2.31. The molecule has 0 aliphatic carbocycles. The second-order valence-electron chi connectivity index (χ2n) is 5.20. The lowest BCUT2D eigenvalue weighted by molar-refractivity contribution is -0.113. The van der Waals surface area contributed by atoms with E-state index in [-0.39, 0.29) is 30.2 Å². The number of nitrogens with one attached hydrogen (secondary N) is 2. The zero-order valence-corrected chi connectivity index (χ0v) is 14.9. The minimum Gasteiger partial charge on any atom is -0.396 e. The average Bonchev–Trinajstić information content (AvgIpc) is 2.52. The quantitative estimate of drug-likeness (QED) is 0.538. The Morgan fingerprint density at radius 2 is 2.17 bits per heavy atom. The highest BCUT2D eigenvalue weighted by Gasteiger charge is 2.11. The zero-order valence-electron chi connectivity index (χ0n) is 13.4. The summed E-state index contributed by atoms with van der Waals surface area (Å²) in [5, 5.41) is 12.7. The summed E-state index contributed by atoms with van der Waals surface area (Å²) in [5.74, 6) is -0.113. The van der Waals surface area contributed by atoms with Crippen LogP contribution < -0.4 is 10.9 Å². The van der Waals surface area contributed by atoms with Gasteiger partial charge in [0, 0.05) is 35.0 Å². The molecule has 0 radical (unpaired) electrons. The zero-order chi connectivity index (χ0) is 17.7. The highest BCUT2D eigenvalue weighted by Crippen LogP contribution is 2.21. The summed E-state index contributed by atoms with van der Waals surface area (Å²) >= 11 is 7.06. The molecule has 0 saturated carbocycles. The van der Waals surface area contributed by atoms with Crippen molar-refractivity contribution in [3.63, 3.8) is 0 Å². The van der Waals surface area contributed by atoms with Crippen molar-refractivity contribution in [1.29, 1.82) is 0 Å². The second kappa shape index (κ2) is 8.32. The summed E-state index contributed by atoms with van der Waals surface area (Å²) in [6.07, 6.45) is 0.258. The monoisotopic (exact) mass is 367 g/mol. The lowest BCUT2D eigenvalue weighted by Gasteiger charge is -2.09. The van der Waals surface area contributed by atoms with E-state index in [1.807, 2.05) is 13.0 Å². The number of H-pyrrole nitrogens is 1. The third-order valence-corrected chi connectivity index (χ3v) is 4.48. The fraction of sp³-hybridized carbons (Fsp3) is 0.312. The maximum Gasteiger partial charge on any atom is 0.255 e. The Labute approximate surface area is 148 Å². The molecule has 0 aliphatic rings. The molecule has 0 saturated heterocycles. The molecule has 2 rings (SSSR count). The van der Waals surface area contributed by atoms with Crippen LogP contribution >= 0.6 is 23.4 Å². The smallest absolute Gasteiger partial charge is 0.255 e. The third-order valence-electron chi connectivity index (χ3n) is 3.38. The number of benzene rings is 1. The van der Waals surface area contributed by atoms with Gasteiger partial charge in [-0.3, -0.25) is 9.59 Å². The highest BCUT2D eigenvalue weighted by molar-refractivity contribution is 7.99. The molecule has 0 atom stereocenters. The van der Waals surface area contributed by atoms with Crippen LogP contribution in [0.4, 0.5) is 5.69 Å². The number of carbonyl (C=O) groups excluding carboxylic acids is 1. The molecule has 8 heteroatoms. The number of hydrogen-bond acceptors (Lipinski definition) is 5. The maximum absolute atomic E-state index is 12.1. The van der Waals surface area contributed by atoms with E-state index in [9.17, 15) is 9.59 Å². The summed E-state index contributed by atoms with van der Waals surface area (Å²) in [5.41, 5.74) is 2.30. The number of aromatic nitrogens is 2. The normalized spacial score (nSPS) is 10.7. The number of aliphatic hydroxyl groups excluding tert-OH is 1. The van der Waals surface area contributed by atoms with Crippen LogP contribution in [0.2, 0.25) is 5.02 Å². The van der Waals surface area contributed by atoms with E-state index in [2.05, 4.69) is 15.3 Å². The third kappa shape index (κ3) is 4.83. The molecule has 3 N–H and O–H groups in total. The largest absolute Gasteiger partial charge is 0.396 e. The van der Waals surface area contributed by atoms with Gasteiger partial charge < -0.3 is 15.4 Å². The Kier molecular flexibility index (Phi) is 6.42. The number of rotatable bonds is 6. The van der Waals surface area contributed by atoms with Crippen molar-refractivity contribution in [3.05, 3.63) is 50.4 Å². The van der Waals surface area contributed by atoms with Crippen molar-refractivity contribution < 1.29 is 9.90 Å². The molecule has 0 unspecified atom stereocenters. The summed E-state index contributed by atoms with van der Waals surface area (Å²) in [6, 6.07) is 5.27. The van der Waals surface area contributed by atoms with Gasteiger partial charge in [-0.25, -0.2) is 4.98 Å². The van der Waals surface area contributed by atoms with Gasteiger partial charge in [0.05, 0.1) is 5.75 Å². The van der Waals surface area contributed by atoms with Crippen LogP contribution in [0.1, 0.15) is 16.8 Å². The first kappa shape index (κ1) is 18.5. The van der Waals surface area contributed by atoms with Crippen LogP contribution in [0, 0.1) is 13.8 Å². The number of aliphatic hydroxyl groups is 1. The van der Waals surface area contributed by atoms with Gasteiger partial charge in [-0.2, -0.15) is 0 Å². The van der Waals surface area contributed by atoms with Gasteiger partial charge in [0.1, 0.15) is 0 Å². The Morgan fingerprint density at radius 1 is 1.42 bits per heavy atom. The molecule has 2 aromatic rings. The Morgan fingerprint density at radius 3 is 2.83 bits per heavy atom. The molecule has 128 valence electrons. The van der Waals surface area contributed by atoms with Gasteiger partial charge in [-0.15, -0.1) is 0 Å². The molecular weight excluding hydrogens is 350 g/mol. The fourth-order valence-electron chi connectivity index (χ4n) is 2.11. The van der Waals surface area contributed by atoms with Crippen LogP contribution in [0.15, 0.2) is 28.2 Å². The number of thioether (sulfide) groups is 1. The molecule has 24 heavy (non-hydrogen) atoms. The van der Waals surface area contributed by atoms with Crippen molar-refractivity contribution in [2.24, 2.45) is 0 Å². The van der Waals surface area contributed by atoms with Crippen LogP contribution in [0.3, 0.4) is 0 Å². The Hall–Kier alpha value is -1.83. The van der Waals surface area contributed by atoms with E-state index in [1.54, 1.807) is 19.1 Å². The minimum atomic E-state index is -0.287. The summed E-state index contributed by atoms with van der Waals surface area (Å²) in [4.78, 5) is 30.9. The van der Waals surface area contributed by atoms with E-state index < -0.39 is 0 Å². The molecule has 6 nitrogen and oxygen atoms in total. The molecule has 0 bridgehead atoms. The van der Waals surface area contributed by atoms with E-state index in [0.29, 0.717) is 27.1 Å². The van der Waals surface area contributed by atoms with Crippen LogP contribution in [-0.2, 0) is 11.2 Å². The van der Waals surface area contributed by atoms with Gasteiger partial charge in [-0.1, -0.05) is 29.4 Å². The van der Waals surface area contributed by atoms with Gasteiger partial charge >= 0.3 is 0 Å². The maximum atomic E-state index is 12.1. The molecule has 0 fully saturated rings. The van der Waals surface area contributed by atoms with E-state index in [1.165, 1.54) is 0 Å². The SMILES string of the molecule is Cc1ccc(Cl)cc1NC(=O)CSc1nc(C)c(CCO)c(=O)[nH]1. The van der Waals surface area contributed by atoms with E-state index >= 15 is 0 Å². The Balaban J connectivity index is 2.01. The summed E-state index contributed by atoms with van der Waals surface area (Å²) in [7, 11) is 0. The number of hydrogen-bond donors (Lipinski definition) is 3. The second-order valence-corrected chi connectivity index (χ2v) is 6.61. The standard InChI is InChI=1S/C16H18ClN3O3S/c1-9-3-4-11(17)7-13(9)19-14(22)8-24-16-18-10(2)12(5-6-21)15(23)20-16/h3-4,7,21H,5-6,8H2,1-2H3,(H,19,22)(H,18,20,23). The minimum absolute atomic E-state index is 0.105. The van der Waals surface area contributed by atoms with E-state index in [4.69, 9.17) is 16.7 Å². The van der Waals surface area contributed by atoms with Gasteiger partial charge in [0.25, 0.3) is 5.56 Å². The van der Waals surface area contributed by atoms with Crippen molar-refractivity contribution in [3.8, 4) is 0 Å². The number of halogens is 1. The first-order valence-electron chi connectivity index (χ1n) is 7.30. The topological polar surface area (TPSA) is 95.1 Å². The first-order valence-corrected chi connectivity index (χ1v) is 8.66. The first-order chi connectivity index (χ1) is 11.4. The van der Waals surface area contributed by atoms with E-state index in [0.717, 1.165) is 17.3 Å². The summed E-state index contributed by atoms with van der Waals surface area (Å²) in [6.45, 7) is 3.47. The van der Waals surface area contributed by atoms with Crippen LogP contribution in [-0.4, -0.2) is 33.3 Å². The molecule has 0 spiro atoms. The number of carbonyl (C=O) groups is 1. The number of amides is 1. The average molecular weight is 368 g/mol. The Bertz CT molecular complexity index is 808.